The minimum atomic E-state index is -0.382. The Labute approximate surface area is 168 Å². The molecule has 7 heteroatoms. The Morgan fingerprint density at radius 3 is 2.33 bits per heavy atom. The molecule has 0 bridgehead atoms. The van der Waals surface area contributed by atoms with E-state index < -0.39 is 0 Å². The lowest BCUT2D eigenvalue weighted by Crippen LogP contribution is -2.50. The third-order valence-corrected chi connectivity index (χ3v) is 5.10. The van der Waals surface area contributed by atoms with Crippen molar-refractivity contribution in [1.29, 1.82) is 0 Å². The Hall–Kier alpha value is -2.08. The van der Waals surface area contributed by atoms with Crippen molar-refractivity contribution in [3.8, 4) is 0 Å². The van der Waals surface area contributed by atoms with E-state index in [-0.39, 0.29) is 23.4 Å². The second kappa shape index (κ2) is 9.22. The minimum Gasteiger partial charge on any atom is -0.343 e. The van der Waals surface area contributed by atoms with Gasteiger partial charge in [-0.3, -0.25) is 14.5 Å². The number of hydrogen-bond acceptors (Lipinski definition) is 3. The third kappa shape index (κ3) is 5.45. The van der Waals surface area contributed by atoms with Gasteiger partial charge in [0.05, 0.1) is 17.1 Å². The van der Waals surface area contributed by atoms with Crippen LogP contribution in [0.2, 0.25) is 10.0 Å². The van der Waals surface area contributed by atoms with Crippen molar-refractivity contribution in [2.24, 2.45) is 0 Å². The van der Waals surface area contributed by atoms with Crippen LogP contribution in [-0.4, -0.2) is 54.3 Å². The zero-order chi connectivity index (χ0) is 19.2. The SMILES string of the molecule is O=C(NCC(=O)N1CCN(Cc2ccccc2)CC1)c1ccc(Cl)cc1Cl. The summed E-state index contributed by atoms with van der Waals surface area (Å²) < 4.78 is 0. The normalized spacial score (nSPS) is 14.8. The lowest BCUT2D eigenvalue weighted by atomic mass is 10.2. The molecule has 0 unspecified atom stereocenters. The van der Waals surface area contributed by atoms with Crippen LogP contribution < -0.4 is 5.32 Å². The first kappa shape index (κ1) is 19.7. The highest BCUT2D eigenvalue weighted by Gasteiger charge is 2.21. The Bertz CT molecular complexity index is 806. The van der Waals surface area contributed by atoms with E-state index in [0.717, 1.165) is 19.6 Å². The summed E-state index contributed by atoms with van der Waals surface area (Å²) >= 11 is 11.9. The summed E-state index contributed by atoms with van der Waals surface area (Å²) in [5.74, 6) is -0.472. The van der Waals surface area contributed by atoms with Gasteiger partial charge in [0.25, 0.3) is 5.91 Å². The van der Waals surface area contributed by atoms with Gasteiger partial charge >= 0.3 is 0 Å². The van der Waals surface area contributed by atoms with Gasteiger partial charge in [-0.25, -0.2) is 0 Å². The lowest BCUT2D eigenvalue weighted by Gasteiger charge is -2.34. The number of halogens is 2. The third-order valence-electron chi connectivity index (χ3n) is 4.55. The summed E-state index contributed by atoms with van der Waals surface area (Å²) in [6, 6.07) is 14.9. The van der Waals surface area contributed by atoms with Crippen molar-refractivity contribution in [2.75, 3.05) is 32.7 Å². The van der Waals surface area contributed by atoms with Crippen LogP contribution in [0, 0.1) is 0 Å². The van der Waals surface area contributed by atoms with Gasteiger partial charge in [-0.1, -0.05) is 53.5 Å². The molecular formula is C20H21Cl2N3O2. The summed E-state index contributed by atoms with van der Waals surface area (Å²) in [4.78, 5) is 28.7. The van der Waals surface area contributed by atoms with Crippen LogP contribution in [0.15, 0.2) is 48.5 Å². The molecule has 0 aromatic heterocycles. The maximum Gasteiger partial charge on any atom is 0.253 e. The molecule has 1 fully saturated rings. The smallest absolute Gasteiger partial charge is 0.253 e. The highest BCUT2D eigenvalue weighted by atomic mass is 35.5. The Balaban J connectivity index is 1.45. The number of benzene rings is 2. The summed E-state index contributed by atoms with van der Waals surface area (Å²) in [5, 5.41) is 3.36. The number of amides is 2. The van der Waals surface area contributed by atoms with Crippen LogP contribution in [0.4, 0.5) is 0 Å². The van der Waals surface area contributed by atoms with E-state index >= 15 is 0 Å². The minimum absolute atomic E-state index is 0.0452. The van der Waals surface area contributed by atoms with Gasteiger partial charge in [-0.2, -0.15) is 0 Å². The molecule has 1 saturated heterocycles. The zero-order valence-electron chi connectivity index (χ0n) is 14.8. The molecule has 27 heavy (non-hydrogen) atoms. The van der Waals surface area contributed by atoms with Gasteiger partial charge in [0.1, 0.15) is 0 Å². The summed E-state index contributed by atoms with van der Waals surface area (Å²) in [6.45, 7) is 3.78. The van der Waals surface area contributed by atoms with E-state index in [9.17, 15) is 9.59 Å². The first-order valence-corrected chi connectivity index (χ1v) is 9.56. The van der Waals surface area contributed by atoms with Gasteiger partial charge in [-0.15, -0.1) is 0 Å². The average Bonchev–Trinajstić information content (AvgIpc) is 2.67. The van der Waals surface area contributed by atoms with Crippen LogP contribution >= 0.6 is 23.2 Å². The molecule has 2 amide bonds. The molecule has 1 aliphatic heterocycles. The topological polar surface area (TPSA) is 52.7 Å². The number of hydrogen-bond donors (Lipinski definition) is 1. The van der Waals surface area contributed by atoms with Gasteiger partial charge in [0, 0.05) is 37.7 Å². The number of carbonyl (C=O) groups is 2. The molecule has 0 spiro atoms. The van der Waals surface area contributed by atoms with Crippen LogP contribution in [-0.2, 0) is 11.3 Å². The number of carbonyl (C=O) groups excluding carboxylic acids is 2. The van der Waals surface area contributed by atoms with Crippen molar-refractivity contribution in [1.82, 2.24) is 15.1 Å². The van der Waals surface area contributed by atoms with Crippen LogP contribution in [0.5, 0.6) is 0 Å². The van der Waals surface area contributed by atoms with Crippen molar-refractivity contribution in [3.05, 3.63) is 69.7 Å². The van der Waals surface area contributed by atoms with Crippen molar-refractivity contribution in [3.63, 3.8) is 0 Å². The van der Waals surface area contributed by atoms with E-state index in [0.29, 0.717) is 23.7 Å². The molecule has 0 atom stereocenters. The molecular weight excluding hydrogens is 385 g/mol. The van der Waals surface area contributed by atoms with Crippen LogP contribution in [0.3, 0.4) is 0 Å². The predicted octanol–water partition coefficient (Wildman–Crippen LogP) is 3.07. The van der Waals surface area contributed by atoms with Gasteiger partial charge in [0.2, 0.25) is 5.91 Å². The fourth-order valence-corrected chi connectivity index (χ4v) is 3.53. The van der Waals surface area contributed by atoms with Gasteiger partial charge in [-0.05, 0) is 23.8 Å². The van der Waals surface area contributed by atoms with Crippen molar-refractivity contribution < 1.29 is 9.59 Å². The molecule has 1 aliphatic rings. The molecule has 1 heterocycles. The Morgan fingerprint density at radius 2 is 1.67 bits per heavy atom. The van der Waals surface area contributed by atoms with Crippen LogP contribution in [0.1, 0.15) is 15.9 Å². The molecule has 1 N–H and O–H groups in total. The molecule has 2 aromatic carbocycles. The molecule has 0 aliphatic carbocycles. The number of nitrogens with one attached hydrogen (secondary N) is 1. The number of rotatable bonds is 5. The highest BCUT2D eigenvalue weighted by molar-refractivity contribution is 6.36. The molecule has 3 rings (SSSR count). The summed E-state index contributed by atoms with van der Waals surface area (Å²) in [7, 11) is 0. The molecule has 0 saturated carbocycles. The maximum atomic E-state index is 12.4. The first-order chi connectivity index (χ1) is 13.0. The fourth-order valence-electron chi connectivity index (χ4n) is 3.03. The van der Waals surface area contributed by atoms with E-state index in [1.807, 2.05) is 18.2 Å². The Morgan fingerprint density at radius 1 is 0.963 bits per heavy atom. The van der Waals surface area contributed by atoms with E-state index in [1.54, 1.807) is 17.0 Å². The second-order valence-corrected chi connectivity index (χ2v) is 7.29. The number of nitrogens with zero attached hydrogens (tertiary/aromatic N) is 2. The molecule has 2 aromatic rings. The van der Waals surface area contributed by atoms with Gasteiger partial charge < -0.3 is 10.2 Å². The largest absolute Gasteiger partial charge is 0.343 e. The highest BCUT2D eigenvalue weighted by Crippen LogP contribution is 2.20. The second-order valence-electron chi connectivity index (χ2n) is 6.45. The fraction of sp³-hybridized carbons (Fsp3) is 0.300. The first-order valence-electron chi connectivity index (χ1n) is 8.80. The number of piperazine rings is 1. The van der Waals surface area contributed by atoms with Crippen molar-refractivity contribution >= 4 is 35.0 Å². The Kier molecular flexibility index (Phi) is 6.72. The molecule has 0 radical (unpaired) electrons. The maximum absolute atomic E-state index is 12.4. The molecule has 142 valence electrons. The van der Waals surface area contributed by atoms with E-state index in [1.165, 1.54) is 11.6 Å². The van der Waals surface area contributed by atoms with Crippen molar-refractivity contribution in [2.45, 2.75) is 6.54 Å². The molecule has 5 nitrogen and oxygen atoms in total. The van der Waals surface area contributed by atoms with Gasteiger partial charge in [0.15, 0.2) is 0 Å². The van der Waals surface area contributed by atoms with Crippen LogP contribution in [0.25, 0.3) is 0 Å². The standard InChI is InChI=1S/C20H21Cl2N3O2/c21-16-6-7-17(18(22)12-16)20(27)23-13-19(26)25-10-8-24(9-11-25)14-15-4-2-1-3-5-15/h1-7,12H,8-11,13-14H2,(H,23,27). The van der Waals surface area contributed by atoms with E-state index in [2.05, 4.69) is 22.3 Å². The quantitative estimate of drug-likeness (QED) is 0.831. The van der Waals surface area contributed by atoms with E-state index in [4.69, 9.17) is 23.2 Å². The predicted molar refractivity (Wildman–Crippen MR) is 107 cm³/mol. The monoisotopic (exact) mass is 405 g/mol. The summed E-state index contributed by atoms with van der Waals surface area (Å²) in [5.41, 5.74) is 1.57. The lowest BCUT2D eigenvalue weighted by molar-refractivity contribution is -0.131. The zero-order valence-corrected chi connectivity index (χ0v) is 16.3. The summed E-state index contributed by atoms with van der Waals surface area (Å²) in [6.07, 6.45) is 0. The average molecular weight is 406 g/mol.